The second-order valence-electron chi connectivity index (χ2n) is 8.85. The number of hydrogen-bond acceptors (Lipinski definition) is 8. The summed E-state index contributed by atoms with van der Waals surface area (Å²) in [5.74, 6) is 2.16. The Bertz CT molecular complexity index is 1220. The van der Waals surface area contributed by atoms with Crippen molar-refractivity contribution in [3.05, 3.63) is 47.4 Å². The lowest BCUT2D eigenvalue weighted by Gasteiger charge is -2.33. The number of nitrogens with zero attached hydrogens (tertiary/aromatic N) is 5. The summed E-state index contributed by atoms with van der Waals surface area (Å²) >= 11 is 0. The monoisotopic (exact) mass is 433 g/mol. The topological polar surface area (TPSA) is 102 Å². The molecule has 1 aliphatic heterocycles. The fraction of sp³-hybridized carbons (Fsp3) is 0.391. The Labute approximate surface area is 185 Å². The smallest absolute Gasteiger partial charge is 0.324 e. The second kappa shape index (κ2) is 7.09. The van der Waals surface area contributed by atoms with Gasteiger partial charge in [-0.05, 0) is 48.9 Å². The first-order valence-corrected chi connectivity index (χ1v) is 10.9. The molecular formula is C23H24FN7O. The van der Waals surface area contributed by atoms with Crippen LogP contribution < -0.4 is 20.7 Å². The first-order valence-electron chi connectivity index (χ1n) is 10.9. The minimum Gasteiger partial charge on any atom is -0.421 e. The van der Waals surface area contributed by atoms with Gasteiger partial charge in [-0.3, -0.25) is 0 Å². The van der Waals surface area contributed by atoms with Gasteiger partial charge in [-0.25, -0.2) is 14.4 Å². The average Bonchev–Trinajstić information content (AvgIpc) is 3.46. The van der Waals surface area contributed by atoms with Crippen LogP contribution in [0.3, 0.4) is 0 Å². The summed E-state index contributed by atoms with van der Waals surface area (Å²) in [6.07, 6.45) is 5.88. The zero-order valence-corrected chi connectivity index (χ0v) is 18.0. The normalized spacial score (nSPS) is 22.8. The maximum absolute atomic E-state index is 14.5. The summed E-state index contributed by atoms with van der Waals surface area (Å²) in [7, 11) is 1.80. The van der Waals surface area contributed by atoms with E-state index in [1.165, 1.54) is 6.07 Å². The summed E-state index contributed by atoms with van der Waals surface area (Å²) in [6.45, 7) is 2.70. The van der Waals surface area contributed by atoms with E-state index in [2.05, 4.69) is 20.2 Å². The van der Waals surface area contributed by atoms with Gasteiger partial charge in [0, 0.05) is 43.3 Å². The Morgan fingerprint density at radius 3 is 2.72 bits per heavy atom. The van der Waals surface area contributed by atoms with Crippen LogP contribution in [0.15, 0.2) is 24.5 Å². The molecule has 0 amide bonds. The highest BCUT2D eigenvalue weighted by Gasteiger charge is 2.45. The van der Waals surface area contributed by atoms with E-state index < -0.39 is 0 Å². The van der Waals surface area contributed by atoms with Crippen molar-refractivity contribution in [2.24, 2.45) is 11.7 Å². The number of hydrogen-bond donors (Lipinski definition) is 2. The van der Waals surface area contributed by atoms with Crippen molar-refractivity contribution < 1.29 is 9.13 Å². The van der Waals surface area contributed by atoms with Crippen LogP contribution in [-0.2, 0) is 6.42 Å². The first kappa shape index (κ1) is 19.4. The number of fused-ring (bicyclic) bond motifs is 5. The molecule has 1 aromatic carbocycles. The molecule has 1 saturated heterocycles. The van der Waals surface area contributed by atoms with E-state index in [9.17, 15) is 4.39 Å². The van der Waals surface area contributed by atoms with Crippen molar-refractivity contribution in [2.75, 3.05) is 23.8 Å². The number of piperidine rings is 1. The largest absolute Gasteiger partial charge is 0.421 e. The minimum atomic E-state index is -0.288. The van der Waals surface area contributed by atoms with E-state index in [1.54, 1.807) is 25.5 Å². The molecule has 1 saturated carbocycles. The summed E-state index contributed by atoms with van der Waals surface area (Å²) in [4.78, 5) is 20.2. The molecule has 8 nitrogen and oxygen atoms in total. The highest BCUT2D eigenvalue weighted by molar-refractivity contribution is 5.88. The van der Waals surface area contributed by atoms with E-state index >= 15 is 0 Å². The number of aromatic nitrogens is 4. The molecule has 2 aromatic heterocycles. The minimum absolute atomic E-state index is 0.107. The Balaban J connectivity index is 1.49. The highest BCUT2D eigenvalue weighted by Crippen LogP contribution is 2.48. The van der Waals surface area contributed by atoms with Crippen molar-refractivity contribution in [1.82, 2.24) is 19.9 Å². The number of nitrogens with one attached hydrogen (secondary N) is 1. The van der Waals surface area contributed by atoms with Crippen LogP contribution in [0.25, 0.3) is 11.1 Å². The van der Waals surface area contributed by atoms with Crippen LogP contribution in [0.5, 0.6) is 11.8 Å². The van der Waals surface area contributed by atoms with Crippen molar-refractivity contribution in [3.8, 4) is 22.9 Å². The van der Waals surface area contributed by atoms with E-state index in [0.29, 0.717) is 23.9 Å². The van der Waals surface area contributed by atoms with E-state index in [4.69, 9.17) is 20.4 Å². The highest BCUT2D eigenvalue weighted by atomic mass is 19.1. The van der Waals surface area contributed by atoms with Crippen LogP contribution >= 0.6 is 0 Å². The van der Waals surface area contributed by atoms with Gasteiger partial charge in [-0.1, -0.05) is 0 Å². The van der Waals surface area contributed by atoms with Gasteiger partial charge in [0.25, 0.3) is 0 Å². The summed E-state index contributed by atoms with van der Waals surface area (Å²) in [6, 6.07) is 3.66. The maximum atomic E-state index is 14.5. The molecule has 3 heterocycles. The van der Waals surface area contributed by atoms with Crippen LogP contribution in [0.1, 0.15) is 29.9 Å². The molecule has 2 bridgehead atoms. The molecule has 32 heavy (non-hydrogen) atoms. The predicted molar refractivity (Wildman–Crippen MR) is 118 cm³/mol. The summed E-state index contributed by atoms with van der Waals surface area (Å²) < 4.78 is 20.4. The van der Waals surface area contributed by atoms with Crippen molar-refractivity contribution >= 4 is 11.5 Å². The molecule has 3 N–H and O–H groups in total. The average molecular weight is 433 g/mol. The van der Waals surface area contributed by atoms with Crippen LogP contribution in [0.4, 0.5) is 15.9 Å². The molecular weight excluding hydrogens is 409 g/mol. The third-order valence-corrected chi connectivity index (χ3v) is 6.81. The van der Waals surface area contributed by atoms with E-state index in [0.717, 1.165) is 53.3 Å². The van der Waals surface area contributed by atoms with Gasteiger partial charge >= 0.3 is 6.01 Å². The quantitative estimate of drug-likeness (QED) is 0.506. The fourth-order valence-electron chi connectivity index (χ4n) is 5.43. The lowest BCUT2D eigenvalue weighted by molar-refractivity contribution is 0.432. The Hall–Kier alpha value is -3.33. The lowest BCUT2D eigenvalue weighted by Crippen LogP contribution is -2.46. The zero-order chi connectivity index (χ0) is 22.0. The van der Waals surface area contributed by atoms with Crippen molar-refractivity contribution in [1.29, 1.82) is 0 Å². The number of anilines is 2. The summed E-state index contributed by atoms with van der Waals surface area (Å²) in [5.41, 5.74) is 10.7. The number of halogens is 1. The molecule has 3 aromatic rings. The molecule has 2 fully saturated rings. The number of nitrogens with two attached hydrogens (primary N) is 1. The zero-order valence-electron chi connectivity index (χ0n) is 18.0. The van der Waals surface area contributed by atoms with Gasteiger partial charge in [-0.15, -0.1) is 0 Å². The van der Waals surface area contributed by atoms with Gasteiger partial charge in [0.05, 0.1) is 18.1 Å². The molecule has 6 rings (SSSR count). The standard InChI is InChI=1S/C23H24FN7O/c1-11-27-8-14(9-28-11)32-23-29-19-7-15-16(5-13(24)6-18(15)26-2)21(19)22(30-23)31-10-12-3-17(25)20(31)4-12/h5-6,8-9,12,17,20,26H,3-4,7,10,25H2,1-2H3. The number of rotatable bonds is 4. The van der Waals surface area contributed by atoms with Gasteiger partial charge in [0.2, 0.25) is 0 Å². The summed E-state index contributed by atoms with van der Waals surface area (Å²) in [5, 5.41) is 3.12. The fourth-order valence-corrected chi connectivity index (χ4v) is 5.43. The Kier molecular flexibility index (Phi) is 4.29. The molecule has 0 spiro atoms. The third-order valence-electron chi connectivity index (χ3n) is 6.81. The van der Waals surface area contributed by atoms with Gasteiger partial charge in [0.15, 0.2) is 5.75 Å². The molecule has 3 aliphatic rings. The number of aryl methyl sites for hydroxylation is 1. The van der Waals surface area contributed by atoms with Crippen LogP contribution in [-0.4, -0.2) is 45.6 Å². The SMILES string of the molecule is CNc1cc(F)cc2c1Cc1nc(Oc3cnc(C)nc3)nc(N3CC4CC(N)C3C4)c1-2. The molecule has 3 unspecified atom stereocenters. The van der Waals surface area contributed by atoms with E-state index in [-0.39, 0.29) is 23.9 Å². The molecule has 0 radical (unpaired) electrons. The lowest BCUT2D eigenvalue weighted by atomic mass is 10.0. The van der Waals surface area contributed by atoms with E-state index in [1.807, 2.05) is 6.92 Å². The second-order valence-corrected chi connectivity index (χ2v) is 8.85. The first-order chi connectivity index (χ1) is 15.5. The maximum Gasteiger partial charge on any atom is 0.324 e. The molecule has 9 heteroatoms. The Morgan fingerprint density at radius 1 is 1.19 bits per heavy atom. The van der Waals surface area contributed by atoms with Gasteiger partial charge in [-0.2, -0.15) is 9.97 Å². The third kappa shape index (κ3) is 2.99. The predicted octanol–water partition coefficient (Wildman–Crippen LogP) is 3.05. The van der Waals surface area contributed by atoms with Gasteiger partial charge < -0.3 is 20.7 Å². The molecule has 2 aliphatic carbocycles. The van der Waals surface area contributed by atoms with Crippen molar-refractivity contribution in [3.63, 3.8) is 0 Å². The van der Waals surface area contributed by atoms with Gasteiger partial charge in [0.1, 0.15) is 17.5 Å². The van der Waals surface area contributed by atoms with Crippen LogP contribution in [0.2, 0.25) is 0 Å². The Morgan fingerprint density at radius 2 is 2.00 bits per heavy atom. The molecule has 3 atom stereocenters. The number of ether oxygens (including phenoxy) is 1. The molecule has 164 valence electrons. The number of benzene rings is 1. The van der Waals surface area contributed by atoms with Crippen molar-refractivity contribution in [2.45, 2.75) is 38.3 Å². The van der Waals surface area contributed by atoms with Crippen LogP contribution in [0, 0.1) is 18.7 Å².